The molecule has 2 amide bonds. The molecule has 1 aliphatic rings. The number of hydrogen-bond donors (Lipinski definition) is 1. The van der Waals surface area contributed by atoms with E-state index in [4.69, 9.17) is 0 Å². The van der Waals surface area contributed by atoms with Gasteiger partial charge in [-0.1, -0.05) is 18.2 Å². The third-order valence-electron chi connectivity index (χ3n) is 5.08. The van der Waals surface area contributed by atoms with E-state index in [2.05, 4.69) is 29.2 Å². The Balaban J connectivity index is 1.63. The van der Waals surface area contributed by atoms with Crippen LogP contribution in [0.3, 0.4) is 0 Å². The van der Waals surface area contributed by atoms with Gasteiger partial charge in [-0.15, -0.1) is 0 Å². The molecule has 0 aliphatic carbocycles. The number of piperazine rings is 1. The fourth-order valence-electron chi connectivity index (χ4n) is 3.61. The Kier molecular flexibility index (Phi) is 5.56. The highest BCUT2D eigenvalue weighted by Gasteiger charge is 2.34. The van der Waals surface area contributed by atoms with Crippen LogP contribution in [0.15, 0.2) is 30.5 Å². The Morgan fingerprint density at radius 3 is 2.77 bits per heavy atom. The summed E-state index contributed by atoms with van der Waals surface area (Å²) in [6, 6.07) is 7.96. The average molecular weight is 357 g/mol. The summed E-state index contributed by atoms with van der Waals surface area (Å²) in [6.45, 7) is 6.51. The lowest BCUT2D eigenvalue weighted by molar-refractivity contribution is -0.139. The average Bonchev–Trinajstić information content (AvgIpc) is 3.08. The fourth-order valence-corrected chi connectivity index (χ4v) is 3.61. The van der Waals surface area contributed by atoms with Gasteiger partial charge in [0, 0.05) is 44.5 Å². The maximum absolute atomic E-state index is 12.7. The van der Waals surface area contributed by atoms with E-state index in [1.54, 1.807) is 7.05 Å². The summed E-state index contributed by atoms with van der Waals surface area (Å²) in [4.78, 5) is 28.9. The van der Waals surface area contributed by atoms with E-state index in [1.807, 2.05) is 40.0 Å². The number of carbonyl (C=O) groups excluding carboxylic acids is 2. The normalized spacial score (nSPS) is 18.5. The van der Waals surface area contributed by atoms with Crippen LogP contribution in [0.2, 0.25) is 0 Å². The second-order valence-electron chi connectivity index (χ2n) is 6.98. The third-order valence-corrected chi connectivity index (χ3v) is 5.08. The van der Waals surface area contributed by atoms with Gasteiger partial charge < -0.3 is 10.2 Å². The monoisotopic (exact) mass is 357 g/mol. The lowest BCUT2D eigenvalue weighted by Gasteiger charge is -2.42. The Morgan fingerprint density at radius 1 is 1.27 bits per heavy atom. The number of likely N-dealkylation sites (N-methyl/N-ethyl adjacent to an activating group) is 1. The minimum atomic E-state index is -0.289. The molecule has 0 saturated carbocycles. The van der Waals surface area contributed by atoms with E-state index in [-0.39, 0.29) is 23.9 Å². The summed E-state index contributed by atoms with van der Waals surface area (Å²) >= 11 is 0. The van der Waals surface area contributed by atoms with Crippen molar-refractivity contribution in [2.24, 2.45) is 0 Å². The molecule has 1 aromatic heterocycles. The minimum absolute atomic E-state index is 0.0331. The Bertz CT molecular complexity index is 785. The van der Waals surface area contributed by atoms with Crippen molar-refractivity contribution >= 4 is 22.7 Å². The van der Waals surface area contributed by atoms with Crippen molar-refractivity contribution < 1.29 is 9.59 Å². The summed E-state index contributed by atoms with van der Waals surface area (Å²) in [5.74, 6) is 0.0381. The number of nitrogens with one attached hydrogen (secondary N) is 1. The number of amides is 2. The molecule has 7 heteroatoms. The van der Waals surface area contributed by atoms with Gasteiger partial charge in [-0.05, 0) is 19.9 Å². The van der Waals surface area contributed by atoms with Gasteiger partial charge in [0.15, 0.2) is 0 Å². The van der Waals surface area contributed by atoms with Crippen molar-refractivity contribution in [2.75, 3.05) is 26.7 Å². The van der Waals surface area contributed by atoms with Crippen LogP contribution in [0.4, 0.5) is 0 Å². The quantitative estimate of drug-likeness (QED) is 0.870. The molecule has 140 valence electrons. The second kappa shape index (κ2) is 7.86. The van der Waals surface area contributed by atoms with E-state index >= 15 is 0 Å². The number of aromatic nitrogens is 2. The van der Waals surface area contributed by atoms with Gasteiger partial charge in [0.25, 0.3) is 0 Å². The smallest absolute Gasteiger partial charge is 0.238 e. The summed E-state index contributed by atoms with van der Waals surface area (Å²) in [5, 5.41) is 8.17. The number of benzene rings is 1. The van der Waals surface area contributed by atoms with Gasteiger partial charge in [-0.3, -0.25) is 19.2 Å². The molecule has 1 aromatic carbocycles. The number of hydrogen-bond acceptors (Lipinski definition) is 4. The predicted octanol–water partition coefficient (Wildman–Crippen LogP) is 1.09. The molecular formula is C19H27N5O2. The highest BCUT2D eigenvalue weighted by atomic mass is 16.2. The van der Waals surface area contributed by atoms with Crippen molar-refractivity contribution in [3.05, 3.63) is 30.5 Å². The van der Waals surface area contributed by atoms with Gasteiger partial charge in [0.05, 0.1) is 18.3 Å². The largest absolute Gasteiger partial charge is 0.358 e. The lowest BCUT2D eigenvalue weighted by Crippen LogP contribution is -2.61. The molecule has 2 aromatic rings. The van der Waals surface area contributed by atoms with E-state index < -0.39 is 0 Å². The zero-order valence-corrected chi connectivity index (χ0v) is 15.7. The third kappa shape index (κ3) is 3.72. The molecule has 0 radical (unpaired) electrons. The molecule has 1 aliphatic heterocycles. The molecule has 0 bridgehead atoms. The van der Waals surface area contributed by atoms with Gasteiger partial charge in [-0.25, -0.2) is 0 Å². The number of carbonyl (C=O) groups is 2. The molecule has 1 saturated heterocycles. The van der Waals surface area contributed by atoms with Gasteiger partial charge in [-0.2, -0.15) is 5.10 Å². The molecule has 0 spiro atoms. The van der Waals surface area contributed by atoms with Crippen LogP contribution >= 0.6 is 0 Å². The molecule has 2 heterocycles. The van der Waals surface area contributed by atoms with Crippen LogP contribution < -0.4 is 5.32 Å². The zero-order valence-electron chi connectivity index (χ0n) is 15.7. The maximum Gasteiger partial charge on any atom is 0.238 e. The lowest BCUT2D eigenvalue weighted by atomic mass is 10.1. The van der Waals surface area contributed by atoms with Gasteiger partial charge >= 0.3 is 0 Å². The summed E-state index contributed by atoms with van der Waals surface area (Å²) in [7, 11) is 1.64. The van der Waals surface area contributed by atoms with Crippen LogP contribution in [-0.4, -0.2) is 70.2 Å². The Hall–Kier alpha value is -2.41. The number of aryl methyl sites for hydroxylation is 1. The first-order valence-corrected chi connectivity index (χ1v) is 9.17. The van der Waals surface area contributed by atoms with Crippen molar-refractivity contribution in [1.82, 2.24) is 24.9 Å². The van der Waals surface area contributed by atoms with Crippen LogP contribution in [0.25, 0.3) is 10.9 Å². The summed E-state index contributed by atoms with van der Waals surface area (Å²) < 4.78 is 1.87. The number of fused-ring (bicyclic) bond motifs is 1. The van der Waals surface area contributed by atoms with Crippen LogP contribution in [0.5, 0.6) is 0 Å². The van der Waals surface area contributed by atoms with Gasteiger partial charge in [0.2, 0.25) is 11.8 Å². The molecule has 1 N–H and O–H groups in total. The minimum Gasteiger partial charge on any atom is -0.358 e. The predicted molar refractivity (Wildman–Crippen MR) is 101 cm³/mol. The Morgan fingerprint density at radius 2 is 2.04 bits per heavy atom. The topological polar surface area (TPSA) is 70.5 Å². The van der Waals surface area contributed by atoms with Crippen molar-refractivity contribution in [1.29, 1.82) is 0 Å². The highest BCUT2D eigenvalue weighted by Crippen LogP contribution is 2.16. The number of rotatable bonds is 5. The standard InChI is InChI=1S/C19H27N5O2/c1-14(2)23-11-10-22(13-17(23)19(26)20-3)18(25)8-9-24-16-7-5-4-6-15(16)12-21-24/h4-7,12,14,17H,8-11,13H2,1-3H3,(H,20,26)/t17-/m0/s1. The maximum atomic E-state index is 12.7. The van der Waals surface area contributed by atoms with E-state index in [0.717, 1.165) is 10.9 Å². The molecule has 3 rings (SSSR count). The molecule has 1 atom stereocenters. The highest BCUT2D eigenvalue weighted by molar-refractivity contribution is 5.84. The summed E-state index contributed by atoms with van der Waals surface area (Å²) in [6.07, 6.45) is 2.21. The van der Waals surface area contributed by atoms with Gasteiger partial charge in [0.1, 0.15) is 6.04 Å². The SMILES string of the molecule is CNC(=O)[C@@H]1CN(C(=O)CCn2ncc3ccccc32)CCN1C(C)C. The molecule has 1 fully saturated rings. The van der Waals surface area contributed by atoms with E-state index in [9.17, 15) is 9.59 Å². The first-order valence-electron chi connectivity index (χ1n) is 9.17. The zero-order chi connectivity index (χ0) is 18.7. The van der Waals surface area contributed by atoms with E-state index in [1.165, 1.54) is 0 Å². The molecule has 7 nitrogen and oxygen atoms in total. The first kappa shape index (κ1) is 18.4. The number of nitrogens with zero attached hydrogens (tertiary/aromatic N) is 4. The fraction of sp³-hybridized carbons (Fsp3) is 0.526. The molecular weight excluding hydrogens is 330 g/mol. The van der Waals surface area contributed by atoms with Crippen LogP contribution in [0, 0.1) is 0 Å². The molecule has 0 unspecified atom stereocenters. The second-order valence-corrected chi connectivity index (χ2v) is 6.98. The first-order chi connectivity index (χ1) is 12.5. The van der Waals surface area contributed by atoms with E-state index in [0.29, 0.717) is 32.6 Å². The van der Waals surface area contributed by atoms with Crippen molar-refractivity contribution in [3.63, 3.8) is 0 Å². The molecule has 26 heavy (non-hydrogen) atoms. The van der Waals surface area contributed by atoms with Crippen molar-refractivity contribution in [2.45, 2.75) is 38.9 Å². The number of para-hydroxylation sites is 1. The van der Waals surface area contributed by atoms with Crippen molar-refractivity contribution in [3.8, 4) is 0 Å². The Labute approximate surface area is 153 Å². The van der Waals surface area contributed by atoms with Crippen LogP contribution in [0.1, 0.15) is 20.3 Å². The summed E-state index contributed by atoms with van der Waals surface area (Å²) in [5.41, 5.74) is 1.04. The van der Waals surface area contributed by atoms with Crippen LogP contribution in [-0.2, 0) is 16.1 Å².